The van der Waals surface area contributed by atoms with Crippen molar-refractivity contribution in [2.75, 3.05) is 19.8 Å². The number of nitrogens with one attached hydrogen (secondary N) is 1. The number of carbonyl (C=O) groups is 1. The summed E-state index contributed by atoms with van der Waals surface area (Å²) in [5.74, 6) is 1.42. The van der Waals surface area contributed by atoms with Crippen LogP contribution in [0.2, 0.25) is 0 Å². The average Bonchev–Trinajstić information content (AvgIpc) is 2.53. The van der Waals surface area contributed by atoms with Crippen LogP contribution >= 0.6 is 0 Å². The minimum atomic E-state index is -0.0910. The standard InChI is InChI=1S/C18H21NO3/c1-3-21-16-5-4-6-17(13-16)22-12-11-19-18(20)15-9-7-14(2)8-10-15/h4-10,13H,3,11-12H2,1-2H3,(H,19,20). The number of carbonyl (C=O) groups excluding carboxylic acids is 1. The molecule has 2 aromatic rings. The van der Waals surface area contributed by atoms with Gasteiger partial charge < -0.3 is 14.8 Å². The SMILES string of the molecule is CCOc1cccc(OCCNC(=O)c2ccc(C)cc2)c1. The first-order valence-corrected chi connectivity index (χ1v) is 7.39. The van der Waals surface area contributed by atoms with Gasteiger partial charge in [-0.1, -0.05) is 23.8 Å². The quantitative estimate of drug-likeness (QED) is 0.799. The van der Waals surface area contributed by atoms with Gasteiger partial charge in [0.1, 0.15) is 18.1 Å². The van der Waals surface area contributed by atoms with E-state index in [9.17, 15) is 4.79 Å². The predicted octanol–water partition coefficient (Wildman–Crippen LogP) is 3.20. The molecule has 0 saturated heterocycles. The van der Waals surface area contributed by atoms with E-state index < -0.39 is 0 Å². The molecule has 0 saturated carbocycles. The van der Waals surface area contributed by atoms with E-state index in [2.05, 4.69) is 5.32 Å². The number of aryl methyl sites for hydroxylation is 1. The largest absolute Gasteiger partial charge is 0.494 e. The molecule has 0 spiro atoms. The first kappa shape index (κ1) is 15.9. The molecule has 1 amide bonds. The van der Waals surface area contributed by atoms with Gasteiger partial charge in [0.15, 0.2) is 0 Å². The second-order valence-corrected chi connectivity index (χ2v) is 4.88. The topological polar surface area (TPSA) is 47.6 Å². The molecule has 116 valence electrons. The van der Waals surface area contributed by atoms with E-state index in [1.807, 2.05) is 62.4 Å². The second kappa shape index (κ2) is 8.08. The summed E-state index contributed by atoms with van der Waals surface area (Å²) in [5, 5.41) is 2.83. The Morgan fingerprint density at radius 2 is 1.73 bits per heavy atom. The summed E-state index contributed by atoms with van der Waals surface area (Å²) in [6, 6.07) is 14.9. The van der Waals surface area contributed by atoms with Gasteiger partial charge >= 0.3 is 0 Å². The van der Waals surface area contributed by atoms with Crippen LogP contribution in [0.3, 0.4) is 0 Å². The van der Waals surface area contributed by atoms with Gasteiger partial charge in [0.2, 0.25) is 0 Å². The predicted molar refractivity (Wildman–Crippen MR) is 86.6 cm³/mol. The number of rotatable bonds is 7. The minimum absolute atomic E-state index is 0.0910. The highest BCUT2D eigenvalue weighted by atomic mass is 16.5. The molecule has 0 heterocycles. The summed E-state index contributed by atoms with van der Waals surface area (Å²) in [5.41, 5.74) is 1.79. The molecule has 22 heavy (non-hydrogen) atoms. The molecule has 0 atom stereocenters. The Kier molecular flexibility index (Phi) is 5.83. The van der Waals surface area contributed by atoms with Crippen molar-refractivity contribution in [1.29, 1.82) is 0 Å². The fourth-order valence-corrected chi connectivity index (χ4v) is 1.96. The van der Waals surface area contributed by atoms with Crippen molar-refractivity contribution < 1.29 is 14.3 Å². The molecule has 0 bridgehead atoms. The zero-order valence-corrected chi connectivity index (χ0v) is 13.0. The maximum atomic E-state index is 11.9. The van der Waals surface area contributed by atoms with Gasteiger partial charge in [0, 0.05) is 11.6 Å². The third-order valence-corrected chi connectivity index (χ3v) is 3.09. The molecule has 0 aliphatic rings. The lowest BCUT2D eigenvalue weighted by molar-refractivity contribution is 0.0947. The molecule has 0 aromatic heterocycles. The maximum Gasteiger partial charge on any atom is 0.251 e. The molecular formula is C18H21NO3. The average molecular weight is 299 g/mol. The molecule has 4 nitrogen and oxygen atoms in total. The van der Waals surface area contributed by atoms with Crippen molar-refractivity contribution in [1.82, 2.24) is 5.32 Å². The molecule has 0 aliphatic heterocycles. The Labute approximate surface area is 131 Å². The van der Waals surface area contributed by atoms with Crippen LogP contribution < -0.4 is 14.8 Å². The van der Waals surface area contributed by atoms with Crippen LogP contribution in [-0.4, -0.2) is 25.7 Å². The normalized spacial score (nSPS) is 10.1. The van der Waals surface area contributed by atoms with Crippen molar-refractivity contribution >= 4 is 5.91 Å². The lowest BCUT2D eigenvalue weighted by Crippen LogP contribution is -2.28. The number of ether oxygens (including phenoxy) is 2. The van der Waals surface area contributed by atoms with Crippen molar-refractivity contribution in [2.24, 2.45) is 0 Å². The van der Waals surface area contributed by atoms with Gasteiger partial charge in [-0.3, -0.25) is 4.79 Å². The highest BCUT2D eigenvalue weighted by Gasteiger charge is 2.04. The summed E-state index contributed by atoms with van der Waals surface area (Å²) in [4.78, 5) is 11.9. The molecular weight excluding hydrogens is 278 g/mol. The van der Waals surface area contributed by atoms with Crippen LogP contribution in [0, 0.1) is 6.92 Å². The van der Waals surface area contributed by atoms with E-state index in [1.165, 1.54) is 0 Å². The fourth-order valence-electron chi connectivity index (χ4n) is 1.96. The number of benzene rings is 2. The molecule has 0 unspecified atom stereocenters. The van der Waals surface area contributed by atoms with Crippen LogP contribution in [0.15, 0.2) is 48.5 Å². The van der Waals surface area contributed by atoms with Crippen LogP contribution in [0.4, 0.5) is 0 Å². The van der Waals surface area contributed by atoms with Crippen molar-refractivity contribution in [3.05, 3.63) is 59.7 Å². The van der Waals surface area contributed by atoms with E-state index in [4.69, 9.17) is 9.47 Å². The first-order chi connectivity index (χ1) is 10.7. The molecule has 1 N–H and O–H groups in total. The Morgan fingerprint density at radius 1 is 1.05 bits per heavy atom. The van der Waals surface area contributed by atoms with Crippen LogP contribution in [0.25, 0.3) is 0 Å². The lowest BCUT2D eigenvalue weighted by atomic mass is 10.1. The van der Waals surface area contributed by atoms with Gasteiger partial charge in [-0.05, 0) is 38.1 Å². The fraction of sp³-hybridized carbons (Fsp3) is 0.278. The second-order valence-electron chi connectivity index (χ2n) is 4.88. The van der Waals surface area contributed by atoms with Gasteiger partial charge in [0.25, 0.3) is 5.91 Å². The van der Waals surface area contributed by atoms with Gasteiger partial charge in [-0.25, -0.2) is 0 Å². The first-order valence-electron chi connectivity index (χ1n) is 7.39. The van der Waals surface area contributed by atoms with E-state index in [0.717, 1.165) is 17.1 Å². The zero-order chi connectivity index (χ0) is 15.8. The van der Waals surface area contributed by atoms with Gasteiger partial charge in [0.05, 0.1) is 13.2 Å². The van der Waals surface area contributed by atoms with Crippen molar-refractivity contribution in [3.8, 4) is 11.5 Å². The molecule has 4 heteroatoms. The molecule has 2 aromatic carbocycles. The Balaban J connectivity index is 1.76. The van der Waals surface area contributed by atoms with Crippen molar-refractivity contribution in [2.45, 2.75) is 13.8 Å². The van der Waals surface area contributed by atoms with Crippen LogP contribution in [0.5, 0.6) is 11.5 Å². The van der Waals surface area contributed by atoms with Crippen LogP contribution in [0.1, 0.15) is 22.8 Å². The lowest BCUT2D eigenvalue weighted by Gasteiger charge is -2.09. The molecule has 2 rings (SSSR count). The van der Waals surface area contributed by atoms with E-state index in [0.29, 0.717) is 25.3 Å². The molecule has 0 aliphatic carbocycles. The highest BCUT2D eigenvalue weighted by molar-refractivity contribution is 5.94. The number of hydrogen-bond donors (Lipinski definition) is 1. The van der Waals surface area contributed by atoms with Gasteiger partial charge in [-0.2, -0.15) is 0 Å². The Morgan fingerprint density at radius 3 is 2.41 bits per heavy atom. The maximum absolute atomic E-state index is 11.9. The number of amides is 1. The highest BCUT2D eigenvalue weighted by Crippen LogP contribution is 2.19. The van der Waals surface area contributed by atoms with Gasteiger partial charge in [-0.15, -0.1) is 0 Å². The van der Waals surface area contributed by atoms with Crippen molar-refractivity contribution in [3.63, 3.8) is 0 Å². The zero-order valence-electron chi connectivity index (χ0n) is 13.0. The van der Waals surface area contributed by atoms with E-state index >= 15 is 0 Å². The Bertz CT molecular complexity index is 608. The Hall–Kier alpha value is -2.49. The smallest absolute Gasteiger partial charge is 0.251 e. The monoisotopic (exact) mass is 299 g/mol. The summed E-state index contributed by atoms with van der Waals surface area (Å²) in [6.07, 6.45) is 0. The van der Waals surface area contributed by atoms with Crippen LogP contribution in [-0.2, 0) is 0 Å². The minimum Gasteiger partial charge on any atom is -0.494 e. The van der Waals surface area contributed by atoms with E-state index in [1.54, 1.807) is 0 Å². The third-order valence-electron chi connectivity index (χ3n) is 3.09. The number of hydrogen-bond acceptors (Lipinski definition) is 3. The summed E-state index contributed by atoms with van der Waals surface area (Å²) in [6.45, 7) is 5.41. The molecule has 0 radical (unpaired) electrons. The summed E-state index contributed by atoms with van der Waals surface area (Å²) < 4.78 is 11.0. The third kappa shape index (κ3) is 4.81. The molecule has 0 fully saturated rings. The van der Waals surface area contributed by atoms with E-state index in [-0.39, 0.29) is 5.91 Å². The summed E-state index contributed by atoms with van der Waals surface area (Å²) >= 11 is 0. The summed E-state index contributed by atoms with van der Waals surface area (Å²) in [7, 11) is 0.